The van der Waals surface area contributed by atoms with Gasteiger partial charge in [0.2, 0.25) is 0 Å². The number of pyridine rings is 1. The molecule has 0 saturated carbocycles. The molecule has 1 aromatic heterocycles. The topological polar surface area (TPSA) is 63.0 Å². The molecular weight excluding hydrogens is 204 g/mol. The first-order chi connectivity index (χ1) is 7.79. The third-order valence-corrected chi connectivity index (χ3v) is 2.17. The van der Waals surface area contributed by atoms with E-state index in [0.717, 1.165) is 0 Å². The number of carbonyl (C=O) groups excluding carboxylic acids is 1. The Morgan fingerprint density at radius 3 is 3.06 bits per heavy atom. The molecule has 0 N–H and O–H groups in total. The number of nitriles is 1. The summed E-state index contributed by atoms with van der Waals surface area (Å²) in [6.45, 7) is 2.82. The van der Waals surface area contributed by atoms with Crippen molar-refractivity contribution < 1.29 is 9.53 Å². The van der Waals surface area contributed by atoms with Crippen LogP contribution in [0.1, 0.15) is 24.8 Å². The van der Waals surface area contributed by atoms with E-state index in [1.54, 1.807) is 24.5 Å². The highest BCUT2D eigenvalue weighted by molar-refractivity contribution is 5.88. The first-order valence-corrected chi connectivity index (χ1v) is 5.19. The van der Waals surface area contributed by atoms with Gasteiger partial charge in [0, 0.05) is 25.4 Å². The average molecular weight is 218 g/mol. The van der Waals surface area contributed by atoms with Gasteiger partial charge in [-0.05, 0) is 18.6 Å². The number of hydrogen-bond donors (Lipinski definition) is 0. The molecule has 0 saturated heterocycles. The maximum Gasteiger partial charge on any atom is 0.156 e. The summed E-state index contributed by atoms with van der Waals surface area (Å²) in [5.74, 6) is -0.849. The number of Topliss-reactive ketones (excluding diaryl/α,β-unsaturated/α-hetero) is 1. The zero-order chi connectivity index (χ0) is 11.8. The van der Waals surface area contributed by atoms with Crippen LogP contribution in [0.15, 0.2) is 24.5 Å². The zero-order valence-corrected chi connectivity index (χ0v) is 9.22. The highest BCUT2D eigenvalue weighted by Gasteiger charge is 2.19. The normalized spacial score (nSPS) is 11.8. The summed E-state index contributed by atoms with van der Waals surface area (Å²) in [7, 11) is 0. The molecule has 0 aliphatic heterocycles. The lowest BCUT2D eigenvalue weighted by Crippen LogP contribution is -2.13. The minimum Gasteiger partial charge on any atom is -0.381 e. The molecule has 1 unspecified atom stereocenters. The van der Waals surface area contributed by atoms with E-state index in [4.69, 9.17) is 10.00 Å². The van der Waals surface area contributed by atoms with E-state index >= 15 is 0 Å². The smallest absolute Gasteiger partial charge is 0.156 e. The van der Waals surface area contributed by atoms with Crippen molar-refractivity contribution in [2.45, 2.75) is 19.3 Å². The van der Waals surface area contributed by atoms with Crippen LogP contribution >= 0.6 is 0 Å². The summed E-state index contributed by atoms with van der Waals surface area (Å²) in [6.07, 6.45) is 3.43. The minimum atomic E-state index is -0.728. The number of rotatable bonds is 6. The van der Waals surface area contributed by atoms with Gasteiger partial charge < -0.3 is 4.74 Å². The van der Waals surface area contributed by atoms with Crippen LogP contribution in [0.25, 0.3) is 0 Å². The molecule has 4 nitrogen and oxygen atoms in total. The highest BCUT2D eigenvalue weighted by Crippen LogP contribution is 2.16. The van der Waals surface area contributed by atoms with Crippen LogP contribution < -0.4 is 0 Å². The van der Waals surface area contributed by atoms with Crippen LogP contribution in [-0.2, 0) is 9.53 Å². The largest absolute Gasteiger partial charge is 0.381 e. The van der Waals surface area contributed by atoms with Crippen LogP contribution in [0.5, 0.6) is 0 Å². The molecule has 1 atom stereocenters. The summed E-state index contributed by atoms with van der Waals surface area (Å²) in [6, 6.07) is 5.45. The maximum absolute atomic E-state index is 11.7. The van der Waals surface area contributed by atoms with Gasteiger partial charge in [-0.2, -0.15) is 5.26 Å². The molecular formula is C12H14N2O2. The molecule has 16 heavy (non-hydrogen) atoms. The zero-order valence-electron chi connectivity index (χ0n) is 9.22. The van der Waals surface area contributed by atoms with Gasteiger partial charge in [0.1, 0.15) is 5.92 Å². The van der Waals surface area contributed by atoms with Crippen LogP contribution in [0.4, 0.5) is 0 Å². The number of ether oxygens (including phenoxy) is 1. The number of nitrogens with zero attached hydrogens (tertiary/aromatic N) is 2. The van der Waals surface area contributed by atoms with Gasteiger partial charge in [-0.1, -0.05) is 6.07 Å². The maximum atomic E-state index is 11.7. The lowest BCUT2D eigenvalue weighted by Gasteiger charge is -2.07. The molecule has 0 aromatic carbocycles. The molecule has 0 aliphatic rings. The Morgan fingerprint density at radius 2 is 2.50 bits per heavy atom. The van der Waals surface area contributed by atoms with E-state index in [0.29, 0.717) is 18.8 Å². The molecule has 0 spiro atoms. The molecule has 0 bridgehead atoms. The molecule has 0 fully saturated rings. The standard InChI is InChI=1S/C12H14N2O2/c1-2-16-7-5-12(15)11(8-13)10-4-3-6-14-9-10/h3-4,6,9,11H,2,5,7H2,1H3. The summed E-state index contributed by atoms with van der Waals surface area (Å²) < 4.78 is 5.09. The second-order valence-electron chi connectivity index (χ2n) is 3.26. The van der Waals surface area contributed by atoms with Crippen molar-refractivity contribution in [2.24, 2.45) is 0 Å². The summed E-state index contributed by atoms with van der Waals surface area (Å²) in [5, 5.41) is 8.97. The Labute approximate surface area is 94.9 Å². The van der Waals surface area contributed by atoms with Crippen LogP contribution in [0.3, 0.4) is 0 Å². The van der Waals surface area contributed by atoms with Crippen molar-refractivity contribution in [2.75, 3.05) is 13.2 Å². The van der Waals surface area contributed by atoms with Crippen molar-refractivity contribution in [3.05, 3.63) is 30.1 Å². The molecule has 1 aromatic rings. The molecule has 0 amide bonds. The van der Waals surface area contributed by atoms with Gasteiger partial charge in [0.15, 0.2) is 5.78 Å². The average Bonchev–Trinajstić information content (AvgIpc) is 2.32. The predicted octanol–water partition coefficient (Wildman–Crippen LogP) is 1.68. The Hall–Kier alpha value is -1.73. The number of ketones is 1. The highest BCUT2D eigenvalue weighted by atomic mass is 16.5. The third kappa shape index (κ3) is 3.44. The van der Waals surface area contributed by atoms with E-state index in [1.807, 2.05) is 13.0 Å². The van der Waals surface area contributed by atoms with Gasteiger partial charge in [-0.25, -0.2) is 0 Å². The number of aromatic nitrogens is 1. The molecule has 1 heterocycles. The predicted molar refractivity (Wildman–Crippen MR) is 58.7 cm³/mol. The summed E-state index contributed by atoms with van der Waals surface area (Å²) in [4.78, 5) is 15.6. The summed E-state index contributed by atoms with van der Waals surface area (Å²) in [5.41, 5.74) is 0.645. The van der Waals surface area contributed by atoms with Crippen LogP contribution in [-0.4, -0.2) is 24.0 Å². The number of hydrogen-bond acceptors (Lipinski definition) is 4. The van der Waals surface area contributed by atoms with Crippen LogP contribution in [0, 0.1) is 11.3 Å². The van der Waals surface area contributed by atoms with Gasteiger partial charge >= 0.3 is 0 Å². The van der Waals surface area contributed by atoms with Gasteiger partial charge in [-0.3, -0.25) is 9.78 Å². The number of carbonyl (C=O) groups is 1. The molecule has 4 heteroatoms. The van der Waals surface area contributed by atoms with Crippen molar-refractivity contribution in [1.82, 2.24) is 4.98 Å². The first kappa shape index (κ1) is 12.3. The SMILES string of the molecule is CCOCCC(=O)C(C#N)c1cccnc1. The van der Waals surface area contributed by atoms with Crippen molar-refractivity contribution in [3.63, 3.8) is 0 Å². The van der Waals surface area contributed by atoms with E-state index < -0.39 is 5.92 Å². The van der Waals surface area contributed by atoms with E-state index in [1.165, 1.54) is 0 Å². The fraction of sp³-hybridized carbons (Fsp3) is 0.417. The quantitative estimate of drug-likeness (QED) is 0.681. The monoisotopic (exact) mass is 218 g/mol. The van der Waals surface area contributed by atoms with E-state index in [2.05, 4.69) is 4.98 Å². The molecule has 84 valence electrons. The lowest BCUT2D eigenvalue weighted by atomic mass is 9.96. The van der Waals surface area contributed by atoms with Crippen molar-refractivity contribution >= 4 is 5.78 Å². The molecule has 0 radical (unpaired) electrons. The summed E-state index contributed by atoms with van der Waals surface area (Å²) >= 11 is 0. The molecule has 1 rings (SSSR count). The van der Waals surface area contributed by atoms with Gasteiger partial charge in [0.05, 0.1) is 12.7 Å². The van der Waals surface area contributed by atoms with E-state index in [9.17, 15) is 4.79 Å². The third-order valence-electron chi connectivity index (χ3n) is 2.17. The van der Waals surface area contributed by atoms with Crippen LogP contribution in [0.2, 0.25) is 0 Å². The van der Waals surface area contributed by atoms with Crippen molar-refractivity contribution in [3.8, 4) is 6.07 Å². The Kier molecular flexibility index (Phi) is 5.17. The lowest BCUT2D eigenvalue weighted by molar-refractivity contribution is -0.120. The Balaban J connectivity index is 2.62. The van der Waals surface area contributed by atoms with Crippen molar-refractivity contribution in [1.29, 1.82) is 5.26 Å². The van der Waals surface area contributed by atoms with Gasteiger partial charge in [-0.15, -0.1) is 0 Å². The van der Waals surface area contributed by atoms with Gasteiger partial charge in [0.25, 0.3) is 0 Å². The second-order valence-corrected chi connectivity index (χ2v) is 3.26. The Morgan fingerprint density at radius 1 is 1.69 bits per heavy atom. The minimum absolute atomic E-state index is 0.121. The molecule has 0 aliphatic carbocycles. The fourth-order valence-electron chi connectivity index (χ4n) is 1.34. The Bertz CT molecular complexity index is 370. The second kappa shape index (κ2) is 6.70. The fourth-order valence-corrected chi connectivity index (χ4v) is 1.34. The first-order valence-electron chi connectivity index (χ1n) is 5.19. The van der Waals surface area contributed by atoms with E-state index in [-0.39, 0.29) is 12.2 Å².